The second kappa shape index (κ2) is 19.4. The van der Waals surface area contributed by atoms with E-state index < -0.39 is 19.7 Å². The molecular formula is C44H56N8O8S2. The number of aromatic nitrogens is 2. The highest BCUT2D eigenvalue weighted by molar-refractivity contribution is 7.91. The van der Waals surface area contributed by atoms with Gasteiger partial charge in [-0.05, 0) is 74.0 Å². The number of pyridine rings is 2. The Morgan fingerprint density at radius 3 is 1.39 bits per heavy atom. The van der Waals surface area contributed by atoms with E-state index in [1.54, 1.807) is 29.2 Å². The van der Waals surface area contributed by atoms with Crippen LogP contribution < -0.4 is 19.6 Å². The van der Waals surface area contributed by atoms with Crippen molar-refractivity contribution < 1.29 is 35.9 Å². The van der Waals surface area contributed by atoms with Crippen LogP contribution in [0.4, 0.5) is 22.9 Å². The summed E-state index contributed by atoms with van der Waals surface area (Å²) in [4.78, 5) is 48.3. The van der Waals surface area contributed by atoms with Crippen LogP contribution in [0.1, 0.15) is 32.0 Å². The molecule has 18 heteroatoms. The van der Waals surface area contributed by atoms with Crippen LogP contribution in [0.2, 0.25) is 0 Å². The molecule has 16 nitrogen and oxygen atoms in total. The number of ether oxygens (including phenoxy) is 2. The number of morpholine rings is 2. The van der Waals surface area contributed by atoms with Gasteiger partial charge in [0.25, 0.3) is 11.8 Å². The third-order valence-corrected chi connectivity index (χ3v) is 13.8. The zero-order chi connectivity index (χ0) is 44.0. The molecule has 62 heavy (non-hydrogen) atoms. The van der Waals surface area contributed by atoms with Crippen molar-refractivity contribution in [1.29, 1.82) is 0 Å². The first-order valence-corrected chi connectivity index (χ1v) is 24.7. The molecule has 2 aromatic carbocycles. The van der Waals surface area contributed by atoms with Crippen LogP contribution in [-0.4, -0.2) is 166 Å². The highest BCUT2D eigenvalue weighted by Gasteiger charge is 2.30. The predicted octanol–water partition coefficient (Wildman–Crippen LogP) is 3.19. The van der Waals surface area contributed by atoms with Crippen molar-refractivity contribution in [2.45, 2.75) is 23.6 Å². The molecule has 0 atom stereocenters. The zero-order valence-electron chi connectivity index (χ0n) is 35.9. The Hall–Kier alpha value is -5.30. The lowest BCUT2D eigenvalue weighted by Gasteiger charge is -2.37. The van der Waals surface area contributed by atoms with Crippen LogP contribution in [0, 0.1) is 13.8 Å². The first-order valence-electron chi connectivity index (χ1n) is 20.9. The Bertz CT molecular complexity index is 2250. The molecule has 0 unspecified atom stereocenters. The highest BCUT2D eigenvalue weighted by atomic mass is 32.2. The molecular weight excluding hydrogens is 833 g/mol. The average molecular weight is 889 g/mol. The zero-order valence-corrected chi connectivity index (χ0v) is 37.5. The second-order valence-electron chi connectivity index (χ2n) is 16.0. The average Bonchev–Trinajstić information content (AvgIpc) is 3.29. The minimum absolute atomic E-state index is 0.131. The van der Waals surface area contributed by atoms with E-state index in [2.05, 4.69) is 29.6 Å². The number of hydrogen-bond acceptors (Lipinski definition) is 14. The lowest BCUT2D eigenvalue weighted by molar-refractivity contribution is 0.0738. The fourth-order valence-electron chi connectivity index (χ4n) is 7.94. The number of rotatable bonds is 8. The largest absolute Gasteiger partial charge is 0.378 e. The van der Waals surface area contributed by atoms with Crippen molar-refractivity contribution in [3.8, 4) is 0 Å². The number of sulfone groups is 2. The van der Waals surface area contributed by atoms with Crippen molar-refractivity contribution in [3.05, 3.63) is 95.4 Å². The van der Waals surface area contributed by atoms with Gasteiger partial charge in [-0.3, -0.25) is 14.6 Å². The molecule has 0 saturated carbocycles. The normalized spacial score (nSPS) is 17.7. The summed E-state index contributed by atoms with van der Waals surface area (Å²) in [6, 6.07) is 17.8. The lowest BCUT2D eigenvalue weighted by atomic mass is 10.1. The van der Waals surface area contributed by atoms with E-state index in [4.69, 9.17) is 9.47 Å². The molecule has 6 heterocycles. The minimum Gasteiger partial charge on any atom is -0.378 e. The minimum atomic E-state index is -3.42. The lowest BCUT2D eigenvalue weighted by Crippen LogP contribution is -2.49. The van der Waals surface area contributed by atoms with E-state index >= 15 is 0 Å². The van der Waals surface area contributed by atoms with Gasteiger partial charge in [-0.25, -0.2) is 21.8 Å². The smallest absolute Gasteiger partial charge is 0.256 e. The third kappa shape index (κ3) is 10.8. The quantitative estimate of drug-likeness (QED) is 0.253. The van der Waals surface area contributed by atoms with Gasteiger partial charge in [0.1, 0.15) is 5.82 Å². The molecule has 4 saturated heterocycles. The fraction of sp³-hybridized carbons (Fsp3) is 0.455. The van der Waals surface area contributed by atoms with Crippen LogP contribution in [0.25, 0.3) is 0 Å². The van der Waals surface area contributed by atoms with E-state index in [1.165, 1.54) is 24.6 Å². The number of benzene rings is 2. The Labute approximate surface area is 364 Å². The summed E-state index contributed by atoms with van der Waals surface area (Å²) in [5.41, 5.74) is 5.54. The monoisotopic (exact) mass is 888 g/mol. The Balaban J connectivity index is 0.000000186. The standard InChI is InChI=1S/2C22H28N4O4S/c1-17-3-6-21(23-16-17)25-7-9-26(10-8-25)22(27)19-15-18(31(2,28)29)4-5-20(19)24-11-13-30-14-12-24;1-17-3-4-18(16-23-17)24-7-9-26(10-8-24)22(27)20-15-19(31(2,28)29)5-6-21(20)25-11-13-30-14-12-25/h2*3-6,15-16H,7-14H2,1-2H3. The van der Waals surface area contributed by atoms with E-state index in [-0.39, 0.29) is 21.6 Å². The number of nitrogens with zero attached hydrogens (tertiary/aromatic N) is 8. The predicted molar refractivity (Wildman–Crippen MR) is 239 cm³/mol. The molecule has 0 bridgehead atoms. The maximum absolute atomic E-state index is 13.5. The third-order valence-electron chi connectivity index (χ3n) is 11.6. The highest BCUT2D eigenvalue weighted by Crippen LogP contribution is 2.29. The molecule has 2 aromatic heterocycles. The fourth-order valence-corrected chi connectivity index (χ4v) is 9.23. The van der Waals surface area contributed by atoms with Gasteiger partial charge >= 0.3 is 0 Å². The topological polar surface area (TPSA) is 166 Å². The summed E-state index contributed by atoms with van der Waals surface area (Å²) in [7, 11) is -6.83. The van der Waals surface area contributed by atoms with Crippen LogP contribution in [0.15, 0.2) is 82.8 Å². The van der Waals surface area contributed by atoms with Crippen LogP contribution in [0.3, 0.4) is 0 Å². The molecule has 4 aliphatic rings. The van der Waals surface area contributed by atoms with Gasteiger partial charge in [-0.15, -0.1) is 0 Å². The number of hydrogen-bond donors (Lipinski definition) is 0. The molecule has 0 N–H and O–H groups in total. The van der Waals surface area contributed by atoms with Crippen molar-refractivity contribution in [2.24, 2.45) is 0 Å². The van der Waals surface area contributed by atoms with Crippen molar-refractivity contribution in [3.63, 3.8) is 0 Å². The maximum atomic E-state index is 13.5. The number of carbonyl (C=O) groups is 2. The Morgan fingerprint density at radius 2 is 0.984 bits per heavy atom. The van der Waals surface area contributed by atoms with Crippen molar-refractivity contribution in [1.82, 2.24) is 19.8 Å². The van der Waals surface area contributed by atoms with E-state index in [0.29, 0.717) is 116 Å². The van der Waals surface area contributed by atoms with E-state index in [9.17, 15) is 26.4 Å². The second-order valence-corrected chi connectivity index (χ2v) is 20.0. The molecule has 0 aliphatic carbocycles. The van der Waals surface area contributed by atoms with Crippen LogP contribution in [-0.2, 0) is 29.1 Å². The van der Waals surface area contributed by atoms with Gasteiger partial charge in [-0.1, -0.05) is 6.07 Å². The van der Waals surface area contributed by atoms with Gasteiger partial charge in [-0.2, -0.15) is 0 Å². The number of piperazine rings is 2. The van der Waals surface area contributed by atoms with E-state index in [0.717, 1.165) is 34.1 Å². The summed E-state index contributed by atoms with van der Waals surface area (Å²) < 4.78 is 59.4. The first-order chi connectivity index (χ1) is 29.7. The summed E-state index contributed by atoms with van der Waals surface area (Å²) in [5, 5.41) is 0. The van der Waals surface area contributed by atoms with Crippen LogP contribution >= 0.6 is 0 Å². The molecule has 2 amide bonds. The first kappa shape index (κ1) is 44.7. The molecule has 4 aromatic rings. The van der Waals surface area contributed by atoms with Gasteiger partial charge in [0.15, 0.2) is 19.7 Å². The summed E-state index contributed by atoms with van der Waals surface area (Å²) in [6.45, 7) is 14.0. The molecule has 332 valence electrons. The molecule has 4 fully saturated rings. The van der Waals surface area contributed by atoms with Gasteiger partial charge < -0.3 is 38.9 Å². The maximum Gasteiger partial charge on any atom is 0.256 e. The summed E-state index contributed by atoms with van der Waals surface area (Å²) in [5.74, 6) is 0.642. The van der Waals surface area contributed by atoms with E-state index in [1.807, 2.05) is 55.4 Å². The van der Waals surface area contributed by atoms with Gasteiger partial charge in [0.2, 0.25) is 0 Å². The number of anilines is 4. The molecule has 0 spiro atoms. The molecule has 8 rings (SSSR count). The van der Waals surface area contributed by atoms with Gasteiger partial charge in [0.05, 0.1) is 59.2 Å². The SMILES string of the molecule is Cc1ccc(N2CCN(C(=O)c3cc(S(C)(=O)=O)ccc3N3CCOCC3)CC2)cn1.Cc1ccc(N2CCN(C(=O)c3cc(S(C)(=O)=O)ccc3N3CCOCC3)CC2)nc1. The number of amides is 2. The number of carbonyl (C=O) groups excluding carboxylic acids is 2. The molecule has 0 radical (unpaired) electrons. The summed E-state index contributed by atoms with van der Waals surface area (Å²) >= 11 is 0. The Morgan fingerprint density at radius 1 is 0.516 bits per heavy atom. The van der Waals surface area contributed by atoms with Gasteiger partial charge in [0, 0.05) is 114 Å². The molecule has 4 aliphatic heterocycles. The summed E-state index contributed by atoms with van der Waals surface area (Å²) in [6.07, 6.45) is 6.04. The number of aryl methyl sites for hydroxylation is 2. The van der Waals surface area contributed by atoms with Crippen molar-refractivity contribution >= 4 is 54.4 Å². The van der Waals surface area contributed by atoms with Crippen molar-refractivity contribution in [2.75, 3.05) is 137 Å². The Kier molecular flexibility index (Phi) is 14.0. The van der Waals surface area contributed by atoms with Crippen LogP contribution in [0.5, 0.6) is 0 Å².